The average molecular weight is 277 g/mol. The second kappa shape index (κ2) is 5.67. The number of nitrogens with zero attached hydrogens (tertiary/aromatic N) is 1. The van der Waals surface area contributed by atoms with Gasteiger partial charge in [0.1, 0.15) is 11.5 Å². The topological polar surface area (TPSA) is 77.2 Å². The van der Waals surface area contributed by atoms with E-state index in [0.29, 0.717) is 16.8 Å². The molecule has 6 heteroatoms. The molecule has 5 nitrogen and oxygen atoms in total. The first kappa shape index (κ1) is 15.6. The Labute approximate surface area is 110 Å². The number of Topliss-reactive ketones (excluding diaryl/α,β-unsaturated/α-hetero) is 1. The fourth-order valence-corrected chi connectivity index (χ4v) is 3.21. The van der Waals surface area contributed by atoms with E-state index in [-0.39, 0.29) is 17.6 Å². The summed E-state index contributed by atoms with van der Waals surface area (Å²) < 4.78 is 22.7. The Bertz CT molecular complexity index is 396. The quantitative estimate of drug-likeness (QED) is 0.737. The highest BCUT2D eigenvalue weighted by Gasteiger charge is 2.34. The van der Waals surface area contributed by atoms with E-state index in [1.165, 1.54) is 0 Å². The number of rotatable bonds is 5. The lowest BCUT2D eigenvalue weighted by Gasteiger charge is -2.40. The Kier molecular flexibility index (Phi) is 4.91. The minimum absolute atomic E-state index is 0.0201. The minimum Gasteiger partial charge on any atom is -0.325 e. The lowest BCUT2D eigenvalue weighted by Crippen LogP contribution is -2.53. The molecule has 1 saturated heterocycles. The number of hydrogen-bond donors (Lipinski definition) is 1. The maximum Gasteiger partial charge on any atom is 0.214 e. The number of sulfonamides is 1. The van der Waals surface area contributed by atoms with Crippen LogP contribution >= 0.6 is 0 Å². The summed E-state index contributed by atoms with van der Waals surface area (Å²) in [6.45, 7) is 6.14. The molecule has 1 heterocycles. The number of primary sulfonamides is 1. The number of quaternary nitrogens is 1. The highest BCUT2D eigenvalue weighted by atomic mass is 32.2. The summed E-state index contributed by atoms with van der Waals surface area (Å²) in [4.78, 5) is 11.9. The van der Waals surface area contributed by atoms with Crippen LogP contribution in [0, 0.1) is 11.8 Å². The standard InChI is InChI=1S/C12H25N2O3S/c1-10(2)12(15)11-4-6-14(3,7-5-11)8-9-18(13,16)17/h10-11H,4-9H2,1-3H3,(H2,13,16,17)/q+1. The summed E-state index contributed by atoms with van der Waals surface area (Å²) in [5.74, 6) is 0.612. The van der Waals surface area contributed by atoms with Crippen LogP contribution in [0.25, 0.3) is 0 Å². The largest absolute Gasteiger partial charge is 0.325 e. The lowest BCUT2D eigenvalue weighted by atomic mass is 9.86. The molecule has 1 fully saturated rings. The van der Waals surface area contributed by atoms with Crippen LogP contribution in [0.1, 0.15) is 26.7 Å². The van der Waals surface area contributed by atoms with Crippen molar-refractivity contribution < 1.29 is 17.7 Å². The highest BCUT2D eigenvalue weighted by molar-refractivity contribution is 7.89. The van der Waals surface area contributed by atoms with Crippen LogP contribution < -0.4 is 5.14 Å². The molecule has 0 aromatic heterocycles. The van der Waals surface area contributed by atoms with Crippen molar-refractivity contribution in [1.29, 1.82) is 0 Å². The molecular weight excluding hydrogens is 252 g/mol. The maximum absolute atomic E-state index is 11.9. The molecule has 0 saturated carbocycles. The molecule has 0 unspecified atom stereocenters. The molecule has 0 radical (unpaired) electrons. The molecule has 2 N–H and O–H groups in total. The Morgan fingerprint density at radius 1 is 1.33 bits per heavy atom. The molecule has 0 amide bonds. The number of nitrogens with two attached hydrogens (primary N) is 1. The number of ketones is 1. The molecule has 0 spiro atoms. The van der Waals surface area contributed by atoms with Gasteiger partial charge in [0, 0.05) is 24.7 Å². The molecule has 0 bridgehead atoms. The third-order valence-electron chi connectivity index (χ3n) is 3.92. The molecule has 18 heavy (non-hydrogen) atoms. The average Bonchev–Trinajstić information content (AvgIpc) is 2.26. The number of carbonyl (C=O) groups excluding carboxylic acids is 1. The first-order valence-corrected chi connectivity index (χ1v) is 8.22. The monoisotopic (exact) mass is 277 g/mol. The van der Waals surface area contributed by atoms with Crippen molar-refractivity contribution in [3.8, 4) is 0 Å². The van der Waals surface area contributed by atoms with Crippen molar-refractivity contribution in [1.82, 2.24) is 0 Å². The van der Waals surface area contributed by atoms with Gasteiger partial charge in [0.2, 0.25) is 10.0 Å². The molecule has 0 atom stereocenters. The van der Waals surface area contributed by atoms with Crippen LogP contribution in [0.5, 0.6) is 0 Å². The molecule has 1 rings (SSSR count). The van der Waals surface area contributed by atoms with Crippen LogP contribution in [0.4, 0.5) is 0 Å². The van der Waals surface area contributed by atoms with Crippen molar-refractivity contribution >= 4 is 15.8 Å². The van der Waals surface area contributed by atoms with Gasteiger partial charge in [0.05, 0.1) is 26.7 Å². The van der Waals surface area contributed by atoms with E-state index in [4.69, 9.17) is 5.14 Å². The third-order valence-corrected chi connectivity index (χ3v) is 4.67. The number of carbonyl (C=O) groups is 1. The van der Waals surface area contributed by atoms with Crippen molar-refractivity contribution in [2.75, 3.05) is 32.4 Å². The number of hydrogen-bond acceptors (Lipinski definition) is 3. The normalized spacial score (nSPS) is 29.5. The van der Waals surface area contributed by atoms with Gasteiger partial charge in [-0.05, 0) is 0 Å². The fourth-order valence-electron chi connectivity index (χ4n) is 2.52. The number of likely N-dealkylation sites (tertiary alicyclic amines) is 1. The van der Waals surface area contributed by atoms with Gasteiger partial charge in [-0.1, -0.05) is 13.8 Å². The minimum atomic E-state index is -3.39. The van der Waals surface area contributed by atoms with Crippen LogP contribution in [0.3, 0.4) is 0 Å². The van der Waals surface area contributed by atoms with E-state index in [9.17, 15) is 13.2 Å². The van der Waals surface area contributed by atoms with Crippen LogP contribution in [0.15, 0.2) is 0 Å². The Balaban J connectivity index is 2.49. The maximum atomic E-state index is 11.9. The molecule has 106 valence electrons. The van der Waals surface area contributed by atoms with Gasteiger partial charge in [0.15, 0.2) is 0 Å². The van der Waals surface area contributed by atoms with E-state index in [1.807, 2.05) is 20.9 Å². The van der Waals surface area contributed by atoms with Crippen molar-refractivity contribution in [2.45, 2.75) is 26.7 Å². The van der Waals surface area contributed by atoms with E-state index < -0.39 is 10.0 Å². The molecule has 0 aliphatic carbocycles. The van der Waals surface area contributed by atoms with Crippen LogP contribution in [0.2, 0.25) is 0 Å². The molecule has 1 aliphatic rings. The van der Waals surface area contributed by atoms with Gasteiger partial charge in [-0.15, -0.1) is 0 Å². The molecule has 1 aliphatic heterocycles. The van der Waals surface area contributed by atoms with Crippen molar-refractivity contribution in [2.24, 2.45) is 17.0 Å². The van der Waals surface area contributed by atoms with E-state index in [2.05, 4.69) is 0 Å². The zero-order valence-electron chi connectivity index (χ0n) is 11.6. The predicted molar refractivity (Wildman–Crippen MR) is 71.3 cm³/mol. The first-order chi connectivity index (χ1) is 8.13. The fraction of sp³-hybridized carbons (Fsp3) is 0.917. The second-order valence-electron chi connectivity index (χ2n) is 5.99. The third kappa shape index (κ3) is 4.66. The zero-order chi connectivity index (χ0) is 14.0. The Morgan fingerprint density at radius 2 is 1.83 bits per heavy atom. The summed E-state index contributed by atoms with van der Waals surface area (Å²) in [5.41, 5.74) is 0. The molecule has 0 aromatic carbocycles. The highest BCUT2D eigenvalue weighted by Crippen LogP contribution is 2.24. The van der Waals surface area contributed by atoms with E-state index in [1.54, 1.807) is 0 Å². The van der Waals surface area contributed by atoms with Crippen molar-refractivity contribution in [3.05, 3.63) is 0 Å². The smallest absolute Gasteiger partial charge is 0.214 e. The van der Waals surface area contributed by atoms with Gasteiger partial charge in [0.25, 0.3) is 0 Å². The van der Waals surface area contributed by atoms with Gasteiger partial charge >= 0.3 is 0 Å². The molecule has 0 aromatic rings. The van der Waals surface area contributed by atoms with Gasteiger partial charge in [-0.2, -0.15) is 0 Å². The second-order valence-corrected chi connectivity index (χ2v) is 7.72. The molecular formula is C12H25N2O3S+. The first-order valence-electron chi connectivity index (χ1n) is 6.51. The van der Waals surface area contributed by atoms with E-state index >= 15 is 0 Å². The zero-order valence-corrected chi connectivity index (χ0v) is 12.4. The predicted octanol–water partition coefficient (Wildman–Crippen LogP) is 0.357. The van der Waals surface area contributed by atoms with Gasteiger partial charge in [-0.3, -0.25) is 4.79 Å². The van der Waals surface area contributed by atoms with Crippen molar-refractivity contribution in [3.63, 3.8) is 0 Å². The Morgan fingerprint density at radius 3 is 2.22 bits per heavy atom. The number of piperidine rings is 1. The van der Waals surface area contributed by atoms with Crippen LogP contribution in [-0.4, -0.2) is 51.1 Å². The summed E-state index contributed by atoms with van der Waals surface area (Å²) >= 11 is 0. The summed E-state index contributed by atoms with van der Waals surface area (Å²) in [7, 11) is -1.34. The van der Waals surface area contributed by atoms with Gasteiger partial charge in [-0.25, -0.2) is 13.6 Å². The van der Waals surface area contributed by atoms with Gasteiger partial charge < -0.3 is 4.48 Å². The Hall–Kier alpha value is -0.460. The van der Waals surface area contributed by atoms with Crippen LogP contribution in [-0.2, 0) is 14.8 Å². The summed E-state index contributed by atoms with van der Waals surface area (Å²) in [6, 6.07) is 0. The lowest BCUT2D eigenvalue weighted by molar-refractivity contribution is -0.912. The summed E-state index contributed by atoms with van der Waals surface area (Å²) in [5, 5.41) is 5.03. The SMILES string of the molecule is CC(C)C(=O)C1CC[N+](C)(CCS(N)(=O)=O)CC1. The van der Waals surface area contributed by atoms with E-state index in [0.717, 1.165) is 25.9 Å². The summed E-state index contributed by atoms with van der Waals surface area (Å²) in [6.07, 6.45) is 1.72.